The van der Waals surface area contributed by atoms with E-state index in [0.717, 1.165) is 0 Å². The number of nitrogens with zero attached hydrogens (tertiary/aromatic N) is 4. The highest BCUT2D eigenvalue weighted by Crippen LogP contribution is 2.31. The highest BCUT2D eigenvalue weighted by atomic mass is 16.5. The van der Waals surface area contributed by atoms with Crippen LogP contribution in [0.3, 0.4) is 0 Å². The van der Waals surface area contributed by atoms with Crippen LogP contribution in [0.25, 0.3) is 22.9 Å². The van der Waals surface area contributed by atoms with Crippen LogP contribution in [0.2, 0.25) is 0 Å². The number of hydrogen-bond donors (Lipinski definition) is 3. The number of amides is 2. The molecule has 1 unspecified atom stereocenters. The summed E-state index contributed by atoms with van der Waals surface area (Å²) < 4.78 is 22.2. The predicted molar refractivity (Wildman–Crippen MR) is 157 cm³/mol. The van der Waals surface area contributed by atoms with Gasteiger partial charge in [0.25, 0.3) is 23.6 Å². The Hall–Kier alpha value is -6.05. The second-order valence-electron chi connectivity index (χ2n) is 9.57. The summed E-state index contributed by atoms with van der Waals surface area (Å²) in [6.45, 7) is -0.0552. The fraction of sp³-hybridized carbons (Fsp3) is 0.194. The highest BCUT2D eigenvalue weighted by Gasteiger charge is 2.24. The molecule has 0 aliphatic rings. The molecule has 1 atom stereocenters. The monoisotopic (exact) mass is 612 g/mol. The Kier molecular flexibility index (Phi) is 9.43. The third-order valence-electron chi connectivity index (χ3n) is 6.62. The Morgan fingerprint density at radius 3 is 2.02 bits per heavy atom. The van der Waals surface area contributed by atoms with Gasteiger partial charge in [-0.1, -0.05) is 30.3 Å². The third-order valence-corrected chi connectivity index (χ3v) is 6.62. The van der Waals surface area contributed by atoms with E-state index in [1.807, 2.05) is 12.1 Å². The lowest BCUT2D eigenvalue weighted by atomic mass is 10.1. The van der Waals surface area contributed by atoms with E-state index in [1.165, 1.54) is 26.4 Å². The minimum atomic E-state index is -1.06. The number of para-hydroxylation sites is 2. The van der Waals surface area contributed by atoms with Gasteiger partial charge in [-0.15, -0.1) is 20.4 Å². The van der Waals surface area contributed by atoms with Crippen molar-refractivity contribution in [1.82, 2.24) is 31.0 Å². The molecule has 230 valence electrons. The van der Waals surface area contributed by atoms with Crippen LogP contribution in [0.1, 0.15) is 51.4 Å². The average molecular weight is 613 g/mol. The first-order valence-corrected chi connectivity index (χ1v) is 13.7. The summed E-state index contributed by atoms with van der Waals surface area (Å²) in [7, 11) is 3.04. The van der Waals surface area contributed by atoms with Crippen LogP contribution in [-0.4, -0.2) is 57.5 Å². The number of carbonyl (C=O) groups excluding carboxylic acids is 2. The molecule has 45 heavy (non-hydrogen) atoms. The van der Waals surface area contributed by atoms with Crippen molar-refractivity contribution in [3.8, 4) is 34.4 Å². The molecule has 0 aliphatic carbocycles. The van der Waals surface area contributed by atoms with E-state index in [2.05, 4.69) is 31.0 Å². The Morgan fingerprint density at radius 1 is 0.778 bits per heavy atom. The first kappa shape index (κ1) is 30.4. The quantitative estimate of drug-likeness (QED) is 0.173. The molecule has 0 spiro atoms. The lowest BCUT2D eigenvalue weighted by molar-refractivity contribution is -0.137. The van der Waals surface area contributed by atoms with Gasteiger partial charge in [-0.25, -0.2) is 0 Å². The molecule has 0 fully saturated rings. The number of aliphatic carboxylic acids is 1. The number of carboxylic acids is 1. The molecule has 14 nitrogen and oxygen atoms in total. The molecule has 5 aromatic rings. The van der Waals surface area contributed by atoms with E-state index in [0.29, 0.717) is 22.6 Å². The molecule has 2 aromatic heterocycles. The second-order valence-corrected chi connectivity index (χ2v) is 9.57. The normalized spacial score (nSPS) is 11.4. The number of benzene rings is 3. The van der Waals surface area contributed by atoms with Crippen LogP contribution < -0.4 is 20.1 Å². The molecule has 5 rings (SSSR count). The molecule has 0 aliphatic heterocycles. The first-order valence-electron chi connectivity index (χ1n) is 13.7. The van der Waals surface area contributed by atoms with Crippen molar-refractivity contribution in [1.29, 1.82) is 0 Å². The molecule has 3 N–H and O–H groups in total. The molecular weight excluding hydrogens is 584 g/mol. The molecule has 0 saturated heterocycles. The van der Waals surface area contributed by atoms with Crippen LogP contribution in [0.4, 0.5) is 0 Å². The van der Waals surface area contributed by atoms with E-state index < -0.39 is 23.8 Å². The SMILES string of the molecule is COc1ccccc1-c1nnc(CNC(=O)c2cccc(C(=O)NC(CCC(=O)O)c3nnc(-c4ccccc4OC)o3)c2)o1. The van der Waals surface area contributed by atoms with Crippen molar-refractivity contribution in [2.24, 2.45) is 0 Å². The predicted octanol–water partition coefficient (Wildman–Crippen LogP) is 4.07. The molecule has 3 aromatic carbocycles. The molecule has 0 saturated carbocycles. The van der Waals surface area contributed by atoms with Gasteiger partial charge < -0.3 is 34.0 Å². The summed E-state index contributed by atoms with van der Waals surface area (Å²) in [6, 6.07) is 19.3. The zero-order valence-electron chi connectivity index (χ0n) is 24.2. The van der Waals surface area contributed by atoms with E-state index in [-0.39, 0.29) is 54.1 Å². The lowest BCUT2D eigenvalue weighted by Crippen LogP contribution is -2.30. The molecular formula is C31H28N6O8. The van der Waals surface area contributed by atoms with E-state index in [9.17, 15) is 19.5 Å². The highest BCUT2D eigenvalue weighted by molar-refractivity contribution is 5.99. The lowest BCUT2D eigenvalue weighted by Gasteiger charge is -2.15. The number of hydrogen-bond acceptors (Lipinski definition) is 11. The minimum absolute atomic E-state index is 0.0180. The molecule has 0 bridgehead atoms. The van der Waals surface area contributed by atoms with Crippen molar-refractivity contribution < 1.29 is 37.8 Å². The first-order chi connectivity index (χ1) is 21.9. The van der Waals surface area contributed by atoms with Gasteiger partial charge in [-0.2, -0.15) is 0 Å². The Labute approximate surface area is 256 Å². The maximum atomic E-state index is 13.3. The van der Waals surface area contributed by atoms with Crippen LogP contribution in [-0.2, 0) is 11.3 Å². The summed E-state index contributed by atoms with van der Waals surface area (Å²) >= 11 is 0. The molecule has 14 heteroatoms. The summed E-state index contributed by atoms with van der Waals surface area (Å²) in [5, 5.41) is 30.8. The standard InChI is InChI=1S/C31H28N6O8/c1-42-23-12-5-3-10-20(23)29-35-34-25(44-29)17-32-27(40)18-8-7-9-19(16-18)28(41)33-22(14-15-26(38)39)31-37-36-30(45-31)21-11-4-6-13-24(21)43-2/h3-13,16,22H,14-15,17H2,1-2H3,(H,32,40)(H,33,41)(H,38,39). The topological polar surface area (TPSA) is 192 Å². The van der Waals surface area contributed by atoms with Gasteiger partial charge in [-0.3, -0.25) is 14.4 Å². The third kappa shape index (κ3) is 7.30. The smallest absolute Gasteiger partial charge is 0.303 e. The Bertz CT molecular complexity index is 1820. The van der Waals surface area contributed by atoms with Gasteiger partial charge >= 0.3 is 5.97 Å². The van der Waals surface area contributed by atoms with Crippen molar-refractivity contribution >= 4 is 17.8 Å². The van der Waals surface area contributed by atoms with E-state index in [1.54, 1.807) is 48.5 Å². The fourth-order valence-electron chi connectivity index (χ4n) is 4.39. The van der Waals surface area contributed by atoms with Gasteiger partial charge in [0.15, 0.2) is 0 Å². The maximum absolute atomic E-state index is 13.3. The van der Waals surface area contributed by atoms with Gasteiger partial charge in [0, 0.05) is 17.5 Å². The Morgan fingerprint density at radius 2 is 1.38 bits per heavy atom. The number of carboxylic acid groups (broad SMARTS) is 1. The number of rotatable bonds is 13. The van der Waals surface area contributed by atoms with E-state index in [4.69, 9.17) is 18.3 Å². The van der Waals surface area contributed by atoms with Gasteiger partial charge in [-0.05, 0) is 48.9 Å². The van der Waals surface area contributed by atoms with Gasteiger partial charge in [0.05, 0.1) is 31.9 Å². The van der Waals surface area contributed by atoms with Crippen molar-refractivity contribution in [2.75, 3.05) is 14.2 Å². The second kappa shape index (κ2) is 13.9. The molecule has 2 heterocycles. The summed E-state index contributed by atoms with van der Waals surface area (Å²) in [4.78, 5) is 37.5. The number of carbonyl (C=O) groups is 3. The number of nitrogens with one attached hydrogen (secondary N) is 2. The van der Waals surface area contributed by atoms with Crippen LogP contribution in [0.15, 0.2) is 81.6 Å². The summed E-state index contributed by atoms with van der Waals surface area (Å²) in [5.41, 5.74) is 1.51. The van der Waals surface area contributed by atoms with E-state index >= 15 is 0 Å². The van der Waals surface area contributed by atoms with Crippen molar-refractivity contribution in [3.05, 3.63) is 95.7 Å². The fourth-order valence-corrected chi connectivity index (χ4v) is 4.39. The van der Waals surface area contributed by atoms with Crippen LogP contribution in [0.5, 0.6) is 11.5 Å². The maximum Gasteiger partial charge on any atom is 0.303 e. The summed E-state index contributed by atoms with van der Waals surface area (Å²) in [5.74, 6) is -0.474. The number of ether oxygens (including phenoxy) is 2. The zero-order valence-corrected chi connectivity index (χ0v) is 24.2. The minimum Gasteiger partial charge on any atom is -0.496 e. The van der Waals surface area contributed by atoms with Crippen LogP contribution in [0, 0.1) is 0 Å². The average Bonchev–Trinajstić information content (AvgIpc) is 3.76. The number of aromatic nitrogens is 4. The van der Waals surface area contributed by atoms with Crippen molar-refractivity contribution in [3.63, 3.8) is 0 Å². The van der Waals surface area contributed by atoms with Gasteiger partial charge in [0.2, 0.25) is 11.8 Å². The molecule has 2 amide bonds. The number of methoxy groups -OCH3 is 2. The zero-order chi connectivity index (χ0) is 31.8. The van der Waals surface area contributed by atoms with Crippen LogP contribution >= 0.6 is 0 Å². The van der Waals surface area contributed by atoms with Gasteiger partial charge in [0.1, 0.15) is 17.5 Å². The largest absolute Gasteiger partial charge is 0.496 e. The summed E-state index contributed by atoms with van der Waals surface area (Å²) in [6.07, 6.45) is -0.288. The Balaban J connectivity index is 1.26. The molecule has 0 radical (unpaired) electrons. The van der Waals surface area contributed by atoms with Crippen molar-refractivity contribution in [2.45, 2.75) is 25.4 Å².